The summed E-state index contributed by atoms with van der Waals surface area (Å²) in [6, 6.07) is 8.22. The summed E-state index contributed by atoms with van der Waals surface area (Å²) in [6.45, 7) is 6.55. The Hall–Kier alpha value is -0.580. The van der Waals surface area contributed by atoms with Gasteiger partial charge in [-0.05, 0) is 45.2 Å². The largest absolute Gasteiger partial charge is 0.492 e. The van der Waals surface area contributed by atoms with Crippen LogP contribution in [-0.4, -0.2) is 43.3 Å². The predicted molar refractivity (Wildman–Crippen MR) is 76.1 cm³/mol. The lowest BCUT2D eigenvalue weighted by Gasteiger charge is -2.44. The Morgan fingerprint density at radius 2 is 2.06 bits per heavy atom. The van der Waals surface area contributed by atoms with E-state index in [4.69, 9.17) is 9.47 Å². The first kappa shape index (κ1) is 13.8. The van der Waals surface area contributed by atoms with Crippen LogP contribution in [0.1, 0.15) is 13.8 Å². The Labute approximate surface area is 117 Å². The number of rotatable bonds is 3. The molecule has 2 rings (SSSR count). The lowest BCUT2D eigenvalue weighted by molar-refractivity contribution is -0.0863. The average molecular weight is 314 g/mol. The Morgan fingerprint density at radius 1 is 1.39 bits per heavy atom. The van der Waals surface area contributed by atoms with Crippen LogP contribution in [0.3, 0.4) is 0 Å². The van der Waals surface area contributed by atoms with Crippen LogP contribution in [0.5, 0.6) is 5.75 Å². The number of ether oxygens (including phenoxy) is 2. The van der Waals surface area contributed by atoms with E-state index in [9.17, 15) is 0 Å². The molecular formula is C14H20BrNO2. The van der Waals surface area contributed by atoms with Gasteiger partial charge in [0, 0.05) is 10.0 Å². The van der Waals surface area contributed by atoms with E-state index >= 15 is 0 Å². The van der Waals surface area contributed by atoms with Crippen molar-refractivity contribution in [1.29, 1.82) is 0 Å². The van der Waals surface area contributed by atoms with Crippen molar-refractivity contribution < 1.29 is 9.47 Å². The number of benzene rings is 1. The average Bonchev–Trinajstić information content (AvgIpc) is 2.33. The highest BCUT2D eigenvalue weighted by molar-refractivity contribution is 9.10. The summed E-state index contributed by atoms with van der Waals surface area (Å²) >= 11 is 3.41. The van der Waals surface area contributed by atoms with Crippen LogP contribution in [-0.2, 0) is 4.74 Å². The quantitative estimate of drug-likeness (QED) is 0.856. The number of likely N-dealkylation sites (N-methyl/N-ethyl adjacent to an activating group) is 1. The lowest BCUT2D eigenvalue weighted by atomic mass is 10.0. The Bertz CT molecular complexity index is 391. The Balaban J connectivity index is 1.91. The van der Waals surface area contributed by atoms with Gasteiger partial charge in [-0.3, -0.25) is 4.90 Å². The minimum atomic E-state index is 0.0754. The van der Waals surface area contributed by atoms with Gasteiger partial charge in [-0.25, -0.2) is 0 Å². The van der Waals surface area contributed by atoms with E-state index in [-0.39, 0.29) is 5.54 Å². The first-order valence-electron chi connectivity index (χ1n) is 6.18. The van der Waals surface area contributed by atoms with Crippen LogP contribution in [0.15, 0.2) is 28.7 Å². The summed E-state index contributed by atoms with van der Waals surface area (Å²) in [5.74, 6) is 0.898. The van der Waals surface area contributed by atoms with Crippen molar-refractivity contribution in [3.05, 3.63) is 28.7 Å². The van der Waals surface area contributed by atoms with E-state index < -0.39 is 0 Å². The van der Waals surface area contributed by atoms with Crippen molar-refractivity contribution in [2.24, 2.45) is 0 Å². The molecule has 3 nitrogen and oxygen atoms in total. The number of morpholine rings is 1. The topological polar surface area (TPSA) is 21.7 Å². The van der Waals surface area contributed by atoms with Gasteiger partial charge in [-0.2, -0.15) is 0 Å². The summed E-state index contributed by atoms with van der Waals surface area (Å²) < 4.78 is 12.5. The highest BCUT2D eigenvalue weighted by atomic mass is 79.9. The SMILES string of the molecule is CN1C(COc2ccc(Br)cc2)COCC1(C)C. The molecule has 1 aliphatic heterocycles. The van der Waals surface area contributed by atoms with Crippen LogP contribution >= 0.6 is 15.9 Å². The van der Waals surface area contributed by atoms with Gasteiger partial charge in [-0.1, -0.05) is 15.9 Å². The highest BCUT2D eigenvalue weighted by Gasteiger charge is 2.34. The third-order valence-corrected chi connectivity index (χ3v) is 4.05. The van der Waals surface area contributed by atoms with Gasteiger partial charge in [0.05, 0.1) is 19.3 Å². The van der Waals surface area contributed by atoms with Crippen LogP contribution in [0, 0.1) is 0 Å². The fraction of sp³-hybridized carbons (Fsp3) is 0.571. The summed E-state index contributed by atoms with van der Waals surface area (Å²) in [5.41, 5.74) is 0.0754. The normalized spacial score (nSPS) is 23.9. The molecule has 0 aliphatic carbocycles. The Kier molecular flexibility index (Phi) is 4.30. The maximum Gasteiger partial charge on any atom is 0.119 e. The monoisotopic (exact) mass is 313 g/mol. The second kappa shape index (κ2) is 5.59. The summed E-state index contributed by atoms with van der Waals surface area (Å²) in [5, 5.41) is 0. The highest BCUT2D eigenvalue weighted by Crippen LogP contribution is 2.22. The molecule has 1 aliphatic rings. The van der Waals surface area contributed by atoms with E-state index in [2.05, 4.69) is 41.7 Å². The van der Waals surface area contributed by atoms with Gasteiger partial charge in [0.25, 0.3) is 0 Å². The minimum absolute atomic E-state index is 0.0754. The summed E-state index contributed by atoms with van der Waals surface area (Å²) in [6.07, 6.45) is 0. The molecule has 1 saturated heterocycles. The maximum atomic E-state index is 5.82. The molecule has 1 atom stereocenters. The second-order valence-electron chi connectivity index (χ2n) is 5.36. The minimum Gasteiger partial charge on any atom is -0.492 e. The van der Waals surface area contributed by atoms with E-state index in [1.165, 1.54) is 0 Å². The van der Waals surface area contributed by atoms with E-state index in [0.29, 0.717) is 12.6 Å². The van der Waals surface area contributed by atoms with Crippen LogP contribution < -0.4 is 4.74 Å². The molecule has 4 heteroatoms. The van der Waals surface area contributed by atoms with Crippen LogP contribution in [0.25, 0.3) is 0 Å². The zero-order valence-electron chi connectivity index (χ0n) is 11.1. The fourth-order valence-electron chi connectivity index (χ4n) is 2.04. The van der Waals surface area contributed by atoms with Gasteiger partial charge in [-0.15, -0.1) is 0 Å². The second-order valence-corrected chi connectivity index (χ2v) is 6.27. The third-order valence-electron chi connectivity index (χ3n) is 3.52. The lowest BCUT2D eigenvalue weighted by Crippen LogP contribution is -2.58. The molecule has 1 aromatic rings. The molecule has 0 amide bonds. The van der Waals surface area contributed by atoms with Gasteiger partial charge >= 0.3 is 0 Å². The zero-order valence-corrected chi connectivity index (χ0v) is 12.7. The molecule has 1 fully saturated rings. The molecule has 0 spiro atoms. The molecule has 18 heavy (non-hydrogen) atoms. The summed E-state index contributed by atoms with van der Waals surface area (Å²) in [7, 11) is 2.14. The Morgan fingerprint density at radius 3 is 2.72 bits per heavy atom. The first-order valence-corrected chi connectivity index (χ1v) is 6.97. The summed E-state index contributed by atoms with van der Waals surface area (Å²) in [4.78, 5) is 2.34. The standard InChI is InChI=1S/C14H20BrNO2/c1-14(2)10-17-8-12(16(14)3)9-18-13-6-4-11(15)5-7-13/h4-7,12H,8-10H2,1-3H3. The predicted octanol–water partition coefficient (Wildman–Crippen LogP) is 2.94. The van der Waals surface area contributed by atoms with E-state index in [1.54, 1.807) is 0 Å². The van der Waals surface area contributed by atoms with Gasteiger partial charge in [0.15, 0.2) is 0 Å². The van der Waals surface area contributed by atoms with Gasteiger partial charge in [0.1, 0.15) is 12.4 Å². The molecule has 1 heterocycles. The maximum absolute atomic E-state index is 5.82. The van der Waals surface area contributed by atoms with Crippen LogP contribution in [0.4, 0.5) is 0 Å². The first-order chi connectivity index (χ1) is 8.49. The van der Waals surface area contributed by atoms with Crippen molar-refractivity contribution in [1.82, 2.24) is 4.90 Å². The van der Waals surface area contributed by atoms with Crippen molar-refractivity contribution in [2.45, 2.75) is 25.4 Å². The van der Waals surface area contributed by atoms with Gasteiger partial charge < -0.3 is 9.47 Å². The smallest absolute Gasteiger partial charge is 0.119 e. The number of hydrogen-bond donors (Lipinski definition) is 0. The fourth-order valence-corrected chi connectivity index (χ4v) is 2.30. The molecule has 0 aromatic heterocycles. The third kappa shape index (κ3) is 3.25. The number of hydrogen-bond acceptors (Lipinski definition) is 3. The van der Waals surface area contributed by atoms with Crippen molar-refractivity contribution >= 4 is 15.9 Å². The molecule has 1 aromatic carbocycles. The molecule has 0 bridgehead atoms. The van der Waals surface area contributed by atoms with E-state index in [0.717, 1.165) is 23.4 Å². The van der Waals surface area contributed by atoms with Crippen LogP contribution in [0.2, 0.25) is 0 Å². The zero-order chi connectivity index (χ0) is 13.2. The van der Waals surface area contributed by atoms with E-state index in [1.807, 2.05) is 24.3 Å². The van der Waals surface area contributed by atoms with Crippen molar-refractivity contribution in [2.75, 3.05) is 26.9 Å². The number of halogens is 1. The molecule has 0 radical (unpaired) electrons. The van der Waals surface area contributed by atoms with Crippen molar-refractivity contribution in [3.8, 4) is 5.75 Å². The molecule has 0 N–H and O–H groups in total. The molecule has 0 saturated carbocycles. The van der Waals surface area contributed by atoms with Gasteiger partial charge in [0.2, 0.25) is 0 Å². The van der Waals surface area contributed by atoms with Crippen molar-refractivity contribution in [3.63, 3.8) is 0 Å². The molecule has 1 unspecified atom stereocenters. The molecule has 100 valence electrons. The molecular weight excluding hydrogens is 294 g/mol. The number of nitrogens with zero attached hydrogens (tertiary/aromatic N) is 1.